The lowest BCUT2D eigenvalue weighted by Crippen LogP contribution is -2.15. The van der Waals surface area contributed by atoms with Crippen molar-refractivity contribution in [3.8, 4) is 23.0 Å². The summed E-state index contributed by atoms with van der Waals surface area (Å²) in [7, 11) is 0. The standard InChI is InChI=1S/C24H18FN7O2/c1-13-10-21(34-20-9-4-3-7-16(20)23-29-31-32-30-23)26-12-19(13)28-24(33)17-11-15-6-5-8-18(25)22(15)27-14(17)2/h3-12H,1-2H3,(H,28,33)(H,29,30,31,32). The second-order valence-electron chi connectivity index (χ2n) is 7.56. The molecular formula is C24H18FN7O2. The molecule has 0 saturated carbocycles. The number of amides is 1. The minimum atomic E-state index is -0.427. The number of halogens is 1. The third-order valence-electron chi connectivity index (χ3n) is 5.25. The van der Waals surface area contributed by atoms with Crippen molar-refractivity contribution in [3.05, 3.63) is 83.4 Å². The summed E-state index contributed by atoms with van der Waals surface area (Å²) >= 11 is 0. The Morgan fingerprint density at radius 1 is 1.09 bits per heavy atom. The van der Waals surface area contributed by atoms with Crippen molar-refractivity contribution in [2.24, 2.45) is 0 Å². The van der Waals surface area contributed by atoms with Crippen molar-refractivity contribution in [2.45, 2.75) is 13.8 Å². The van der Waals surface area contributed by atoms with Crippen LogP contribution in [-0.4, -0.2) is 36.5 Å². The molecule has 5 rings (SSSR count). The number of pyridine rings is 2. The highest BCUT2D eigenvalue weighted by Crippen LogP contribution is 2.31. The van der Waals surface area contributed by atoms with E-state index in [-0.39, 0.29) is 11.4 Å². The summed E-state index contributed by atoms with van der Waals surface area (Å²) in [5.41, 5.74) is 2.93. The molecule has 9 nitrogen and oxygen atoms in total. The fraction of sp³-hybridized carbons (Fsp3) is 0.0833. The second kappa shape index (κ2) is 8.66. The summed E-state index contributed by atoms with van der Waals surface area (Å²) in [5, 5.41) is 17.4. The molecule has 168 valence electrons. The van der Waals surface area contributed by atoms with Gasteiger partial charge in [0.1, 0.15) is 17.1 Å². The molecule has 0 unspecified atom stereocenters. The number of para-hydroxylation sites is 2. The van der Waals surface area contributed by atoms with Crippen LogP contribution in [0.2, 0.25) is 0 Å². The Balaban J connectivity index is 1.38. The van der Waals surface area contributed by atoms with Gasteiger partial charge in [0, 0.05) is 11.5 Å². The van der Waals surface area contributed by atoms with E-state index in [9.17, 15) is 9.18 Å². The lowest BCUT2D eigenvalue weighted by molar-refractivity contribution is 0.102. The number of benzene rings is 2. The topological polar surface area (TPSA) is 119 Å². The number of ether oxygens (including phenoxy) is 1. The van der Waals surface area contributed by atoms with Crippen LogP contribution in [0.15, 0.2) is 60.8 Å². The maximum absolute atomic E-state index is 14.0. The predicted octanol–water partition coefficient (Wildman–Crippen LogP) is 4.61. The molecule has 0 aliphatic carbocycles. The van der Waals surface area contributed by atoms with E-state index in [4.69, 9.17) is 4.74 Å². The predicted molar refractivity (Wildman–Crippen MR) is 123 cm³/mol. The molecule has 2 N–H and O–H groups in total. The fourth-order valence-corrected chi connectivity index (χ4v) is 3.52. The van der Waals surface area contributed by atoms with Gasteiger partial charge in [0.05, 0.1) is 28.7 Å². The van der Waals surface area contributed by atoms with Gasteiger partial charge in [0.2, 0.25) is 11.7 Å². The molecule has 3 heterocycles. The maximum Gasteiger partial charge on any atom is 0.257 e. The van der Waals surface area contributed by atoms with Crippen molar-refractivity contribution >= 4 is 22.5 Å². The number of hydrogen-bond donors (Lipinski definition) is 2. The molecule has 0 fully saturated rings. The van der Waals surface area contributed by atoms with E-state index >= 15 is 0 Å². The molecule has 34 heavy (non-hydrogen) atoms. The van der Waals surface area contributed by atoms with E-state index in [1.54, 1.807) is 37.3 Å². The van der Waals surface area contributed by atoms with Crippen molar-refractivity contribution in [1.29, 1.82) is 0 Å². The number of aromatic nitrogens is 6. The van der Waals surface area contributed by atoms with E-state index in [2.05, 4.69) is 35.9 Å². The number of nitrogens with zero attached hydrogens (tertiary/aromatic N) is 5. The number of rotatable bonds is 5. The lowest BCUT2D eigenvalue weighted by atomic mass is 10.1. The number of hydrogen-bond acceptors (Lipinski definition) is 7. The minimum absolute atomic E-state index is 0.233. The van der Waals surface area contributed by atoms with Gasteiger partial charge in [-0.2, -0.15) is 5.21 Å². The van der Waals surface area contributed by atoms with Crippen LogP contribution in [-0.2, 0) is 0 Å². The average Bonchev–Trinajstić information content (AvgIpc) is 3.36. The van der Waals surface area contributed by atoms with Crippen molar-refractivity contribution in [1.82, 2.24) is 30.6 Å². The zero-order valence-corrected chi connectivity index (χ0v) is 18.2. The maximum atomic E-state index is 14.0. The molecule has 10 heteroatoms. The van der Waals surface area contributed by atoms with Gasteiger partial charge >= 0.3 is 0 Å². The average molecular weight is 455 g/mol. The number of fused-ring (bicyclic) bond motifs is 1. The Bertz CT molecular complexity index is 1520. The number of H-pyrrole nitrogens is 1. The highest BCUT2D eigenvalue weighted by atomic mass is 19.1. The number of carbonyl (C=O) groups is 1. The van der Waals surface area contributed by atoms with E-state index in [0.29, 0.717) is 45.3 Å². The Morgan fingerprint density at radius 2 is 1.94 bits per heavy atom. The summed E-state index contributed by atoms with van der Waals surface area (Å²) < 4.78 is 19.9. The van der Waals surface area contributed by atoms with Crippen LogP contribution in [0, 0.1) is 19.7 Å². The Hall–Kier alpha value is -4.73. The summed E-state index contributed by atoms with van der Waals surface area (Å²) in [6, 6.07) is 15.2. The van der Waals surface area contributed by atoms with Crippen molar-refractivity contribution in [3.63, 3.8) is 0 Å². The van der Waals surface area contributed by atoms with Crippen LogP contribution in [0.3, 0.4) is 0 Å². The molecule has 1 amide bonds. The first-order chi connectivity index (χ1) is 16.5. The Kier molecular flexibility index (Phi) is 5.38. The monoisotopic (exact) mass is 455 g/mol. The number of anilines is 1. The van der Waals surface area contributed by atoms with Crippen LogP contribution in [0.5, 0.6) is 11.6 Å². The van der Waals surface area contributed by atoms with Gasteiger partial charge in [-0.3, -0.25) is 4.79 Å². The SMILES string of the molecule is Cc1cc(Oc2ccccc2-c2nn[nH]n2)ncc1NC(=O)c1cc2cccc(F)c2nc1C. The second-order valence-corrected chi connectivity index (χ2v) is 7.56. The van der Waals surface area contributed by atoms with Crippen LogP contribution < -0.4 is 10.1 Å². The smallest absolute Gasteiger partial charge is 0.257 e. The molecule has 0 atom stereocenters. The van der Waals surface area contributed by atoms with Crippen LogP contribution in [0.4, 0.5) is 10.1 Å². The molecule has 3 aromatic heterocycles. The summed E-state index contributed by atoms with van der Waals surface area (Å²) in [6.45, 7) is 3.50. The van der Waals surface area contributed by atoms with E-state index < -0.39 is 5.82 Å². The van der Waals surface area contributed by atoms with Crippen LogP contribution in [0.1, 0.15) is 21.6 Å². The van der Waals surface area contributed by atoms with Gasteiger partial charge in [-0.25, -0.2) is 14.4 Å². The number of aryl methyl sites for hydroxylation is 2. The van der Waals surface area contributed by atoms with Gasteiger partial charge in [-0.05, 0) is 48.9 Å². The highest BCUT2D eigenvalue weighted by molar-refractivity contribution is 6.07. The number of carbonyl (C=O) groups excluding carboxylic acids is 1. The van der Waals surface area contributed by atoms with E-state index in [1.165, 1.54) is 12.3 Å². The molecule has 0 aliphatic rings. The summed E-state index contributed by atoms with van der Waals surface area (Å²) in [6.07, 6.45) is 1.52. The van der Waals surface area contributed by atoms with Crippen LogP contribution in [0.25, 0.3) is 22.3 Å². The molecule has 0 bridgehead atoms. The quantitative estimate of drug-likeness (QED) is 0.397. The first-order valence-corrected chi connectivity index (χ1v) is 10.3. The summed E-state index contributed by atoms with van der Waals surface area (Å²) in [4.78, 5) is 21.5. The number of nitrogens with one attached hydrogen (secondary N) is 2. The van der Waals surface area contributed by atoms with Gasteiger partial charge in [0.15, 0.2) is 0 Å². The molecule has 0 radical (unpaired) electrons. The van der Waals surface area contributed by atoms with Gasteiger partial charge in [-0.15, -0.1) is 10.2 Å². The highest BCUT2D eigenvalue weighted by Gasteiger charge is 2.16. The lowest BCUT2D eigenvalue weighted by Gasteiger charge is -2.13. The summed E-state index contributed by atoms with van der Waals surface area (Å²) in [5.74, 6) is 0.458. The number of tetrazole rings is 1. The zero-order chi connectivity index (χ0) is 23.7. The largest absolute Gasteiger partial charge is 0.438 e. The molecule has 0 spiro atoms. The van der Waals surface area contributed by atoms with E-state index in [1.807, 2.05) is 25.1 Å². The first kappa shape index (κ1) is 21.1. The molecule has 5 aromatic rings. The molecule has 0 saturated heterocycles. The third-order valence-corrected chi connectivity index (χ3v) is 5.25. The number of aromatic amines is 1. The van der Waals surface area contributed by atoms with Crippen LogP contribution >= 0.6 is 0 Å². The van der Waals surface area contributed by atoms with E-state index in [0.717, 1.165) is 5.56 Å². The first-order valence-electron chi connectivity index (χ1n) is 10.3. The molecule has 0 aliphatic heterocycles. The minimum Gasteiger partial charge on any atom is -0.438 e. The van der Waals surface area contributed by atoms with Crippen molar-refractivity contribution < 1.29 is 13.9 Å². The van der Waals surface area contributed by atoms with Gasteiger partial charge in [0.25, 0.3) is 5.91 Å². The van der Waals surface area contributed by atoms with Gasteiger partial charge < -0.3 is 10.1 Å². The molecular weight excluding hydrogens is 437 g/mol. The molecule has 2 aromatic carbocycles. The third kappa shape index (κ3) is 4.04. The fourth-order valence-electron chi connectivity index (χ4n) is 3.52. The van der Waals surface area contributed by atoms with Crippen molar-refractivity contribution in [2.75, 3.05) is 5.32 Å². The van der Waals surface area contributed by atoms with Gasteiger partial charge in [-0.1, -0.05) is 24.3 Å². The zero-order valence-electron chi connectivity index (χ0n) is 18.2. The normalized spacial score (nSPS) is 10.9. The Labute approximate surface area is 193 Å². The Morgan fingerprint density at radius 3 is 2.74 bits per heavy atom.